The van der Waals surface area contributed by atoms with Crippen molar-refractivity contribution in [2.45, 2.75) is 91.2 Å². The maximum absolute atomic E-state index is 14.0. The molecule has 0 aromatic heterocycles. The molecule has 0 spiro atoms. The van der Waals surface area contributed by atoms with Gasteiger partial charge in [-0.3, -0.25) is 0 Å². The molecular formula is C25H41BFN. The van der Waals surface area contributed by atoms with Crippen molar-refractivity contribution in [2.75, 3.05) is 11.4 Å². The number of allylic oxidation sites excluding steroid dienone is 1. The molecule has 0 saturated heterocycles. The van der Waals surface area contributed by atoms with Gasteiger partial charge in [0, 0.05) is 17.9 Å². The van der Waals surface area contributed by atoms with Gasteiger partial charge in [0.2, 0.25) is 0 Å². The highest BCUT2D eigenvalue weighted by Crippen LogP contribution is 2.44. The van der Waals surface area contributed by atoms with Crippen molar-refractivity contribution in [3.63, 3.8) is 0 Å². The van der Waals surface area contributed by atoms with Gasteiger partial charge in [-0.05, 0) is 62.0 Å². The highest BCUT2D eigenvalue weighted by molar-refractivity contribution is 6.32. The van der Waals surface area contributed by atoms with Crippen molar-refractivity contribution in [2.24, 2.45) is 11.3 Å². The molecule has 156 valence electrons. The first kappa shape index (κ1) is 23.0. The third-order valence-corrected chi connectivity index (χ3v) is 7.03. The van der Waals surface area contributed by atoms with Crippen LogP contribution in [-0.4, -0.2) is 20.6 Å². The number of rotatable bonds is 12. The van der Waals surface area contributed by atoms with Crippen LogP contribution in [0, 0.1) is 11.3 Å². The van der Waals surface area contributed by atoms with Crippen LogP contribution in [0.5, 0.6) is 0 Å². The zero-order valence-corrected chi connectivity index (χ0v) is 18.8. The van der Waals surface area contributed by atoms with Gasteiger partial charge in [-0.1, -0.05) is 70.6 Å². The number of anilines is 1. The molecular weight excluding hydrogens is 344 g/mol. The van der Waals surface area contributed by atoms with Crippen LogP contribution in [0.15, 0.2) is 36.5 Å². The van der Waals surface area contributed by atoms with Crippen molar-refractivity contribution in [3.05, 3.63) is 36.5 Å². The number of nitrogens with zero attached hydrogens (tertiary/aromatic N) is 1. The summed E-state index contributed by atoms with van der Waals surface area (Å²) in [5.41, 5.74) is 4.14. The van der Waals surface area contributed by atoms with E-state index in [0.29, 0.717) is 18.3 Å². The minimum absolute atomic E-state index is 0.160. The van der Waals surface area contributed by atoms with Gasteiger partial charge in [0.15, 0.2) is 0 Å². The fourth-order valence-electron chi connectivity index (χ4n) is 4.86. The van der Waals surface area contributed by atoms with Crippen molar-refractivity contribution < 1.29 is 4.39 Å². The Labute approximate surface area is 174 Å². The van der Waals surface area contributed by atoms with Crippen molar-refractivity contribution in [1.82, 2.24) is 0 Å². The first-order valence-corrected chi connectivity index (χ1v) is 11.6. The Hall–Kier alpha value is -1.25. The number of alkyl halides is 1. The number of unbranched alkanes of at least 4 members (excludes halogenated alkanes) is 1. The predicted molar refractivity (Wildman–Crippen MR) is 125 cm³/mol. The van der Waals surface area contributed by atoms with E-state index in [1.54, 1.807) is 0 Å². The number of benzene rings is 1. The van der Waals surface area contributed by atoms with Crippen LogP contribution in [0.4, 0.5) is 10.1 Å². The van der Waals surface area contributed by atoms with E-state index in [1.807, 2.05) is 6.92 Å². The summed E-state index contributed by atoms with van der Waals surface area (Å²) in [6, 6.07) is 8.65. The second-order valence-electron chi connectivity index (χ2n) is 9.14. The van der Waals surface area contributed by atoms with Crippen LogP contribution in [-0.2, 0) is 0 Å². The molecule has 0 amide bonds. The van der Waals surface area contributed by atoms with Gasteiger partial charge in [-0.15, -0.1) is 0 Å². The maximum atomic E-state index is 14.0. The minimum atomic E-state index is -0.738. The van der Waals surface area contributed by atoms with Crippen LogP contribution in [0.25, 0.3) is 0 Å². The molecule has 0 heterocycles. The van der Waals surface area contributed by atoms with E-state index >= 15 is 0 Å². The van der Waals surface area contributed by atoms with Crippen molar-refractivity contribution in [3.8, 4) is 0 Å². The molecule has 1 aliphatic rings. The molecule has 0 aliphatic heterocycles. The van der Waals surface area contributed by atoms with Crippen LogP contribution >= 0.6 is 0 Å². The minimum Gasteiger partial charge on any atom is -0.345 e. The summed E-state index contributed by atoms with van der Waals surface area (Å²) in [5, 5.41) is 0. The highest BCUT2D eigenvalue weighted by atomic mass is 19.1. The number of hydrogen-bond acceptors (Lipinski definition) is 1. The molecule has 1 fully saturated rings. The average molecular weight is 385 g/mol. The van der Waals surface area contributed by atoms with E-state index in [4.69, 9.17) is 0 Å². The molecule has 3 heteroatoms. The second-order valence-corrected chi connectivity index (χ2v) is 9.14. The van der Waals surface area contributed by atoms with Crippen molar-refractivity contribution in [1.29, 1.82) is 0 Å². The standard InChI is InChI=1S/C25H41BFN/c1-5-23(27)18-20(3)21(4)28(24-13-11-12-22(26)19-24)17-10-9-16-25(6-2)14-7-8-15-25/h11-13,19-20,23H,4-10,14-18,26H2,1-3H3. The molecule has 1 nitrogen and oxygen atoms in total. The maximum Gasteiger partial charge on any atom is 0.139 e. The quantitative estimate of drug-likeness (QED) is 0.307. The van der Waals surface area contributed by atoms with Crippen LogP contribution in [0.3, 0.4) is 0 Å². The summed E-state index contributed by atoms with van der Waals surface area (Å²) in [4.78, 5) is 2.35. The lowest BCUT2D eigenvalue weighted by atomic mass is 9.79. The second kappa shape index (κ2) is 11.1. The lowest BCUT2D eigenvalue weighted by Crippen LogP contribution is -2.29. The van der Waals surface area contributed by atoms with Gasteiger partial charge in [0.25, 0.3) is 0 Å². The third-order valence-electron chi connectivity index (χ3n) is 7.03. The summed E-state index contributed by atoms with van der Waals surface area (Å²) in [6.45, 7) is 11.8. The SMILES string of the molecule is Bc1cccc(N(CCCCC2(CC)CCCC2)C(=C)C(C)CC(F)CC)c1. The molecule has 0 N–H and O–H groups in total. The largest absolute Gasteiger partial charge is 0.345 e. The zero-order valence-electron chi connectivity index (χ0n) is 18.8. The summed E-state index contributed by atoms with van der Waals surface area (Å²) in [7, 11) is 2.13. The summed E-state index contributed by atoms with van der Waals surface area (Å²) in [5.74, 6) is 0.160. The highest BCUT2D eigenvalue weighted by Gasteiger charge is 2.31. The summed E-state index contributed by atoms with van der Waals surface area (Å²) < 4.78 is 14.0. The number of hydrogen-bond donors (Lipinski definition) is 0. The van der Waals surface area contributed by atoms with Gasteiger partial charge in [-0.2, -0.15) is 0 Å². The van der Waals surface area contributed by atoms with Crippen LogP contribution in [0.2, 0.25) is 0 Å². The van der Waals surface area contributed by atoms with E-state index in [2.05, 4.69) is 57.4 Å². The van der Waals surface area contributed by atoms with E-state index in [0.717, 1.165) is 12.2 Å². The van der Waals surface area contributed by atoms with Gasteiger partial charge >= 0.3 is 0 Å². The van der Waals surface area contributed by atoms with E-state index < -0.39 is 6.17 Å². The van der Waals surface area contributed by atoms with Gasteiger partial charge in [-0.25, -0.2) is 4.39 Å². The Morgan fingerprint density at radius 3 is 2.57 bits per heavy atom. The first-order chi connectivity index (χ1) is 13.4. The third kappa shape index (κ3) is 6.39. The lowest BCUT2D eigenvalue weighted by molar-refractivity contribution is 0.251. The molecule has 2 rings (SSSR count). The van der Waals surface area contributed by atoms with E-state index in [1.165, 1.54) is 62.5 Å². The topological polar surface area (TPSA) is 3.24 Å². The fourth-order valence-corrected chi connectivity index (χ4v) is 4.86. The monoisotopic (exact) mass is 385 g/mol. The molecule has 1 saturated carbocycles. The predicted octanol–water partition coefficient (Wildman–Crippen LogP) is 6.18. The van der Waals surface area contributed by atoms with E-state index in [-0.39, 0.29) is 5.92 Å². The molecule has 1 aromatic rings. The average Bonchev–Trinajstić information content (AvgIpc) is 3.16. The summed E-state index contributed by atoms with van der Waals surface area (Å²) in [6.07, 6.45) is 11.2. The normalized spacial score (nSPS) is 18.0. The smallest absolute Gasteiger partial charge is 0.139 e. The Bertz CT molecular complexity index is 608. The zero-order chi connectivity index (χ0) is 20.6. The van der Waals surface area contributed by atoms with Crippen LogP contribution < -0.4 is 10.4 Å². The number of halogens is 1. The van der Waals surface area contributed by atoms with Gasteiger partial charge in [0.05, 0.1) is 0 Å². The lowest BCUT2D eigenvalue weighted by Gasteiger charge is -2.32. The Morgan fingerprint density at radius 2 is 1.96 bits per heavy atom. The Morgan fingerprint density at radius 1 is 1.25 bits per heavy atom. The molecule has 1 aliphatic carbocycles. The first-order valence-electron chi connectivity index (χ1n) is 11.6. The summed E-state index contributed by atoms with van der Waals surface area (Å²) >= 11 is 0. The van der Waals surface area contributed by atoms with Gasteiger partial charge in [0.1, 0.15) is 14.0 Å². The Kier molecular flexibility index (Phi) is 9.11. The molecule has 2 atom stereocenters. The molecule has 2 unspecified atom stereocenters. The van der Waals surface area contributed by atoms with Gasteiger partial charge < -0.3 is 4.90 Å². The van der Waals surface area contributed by atoms with Crippen LogP contribution in [0.1, 0.15) is 85.0 Å². The molecule has 28 heavy (non-hydrogen) atoms. The fraction of sp³-hybridized carbons (Fsp3) is 0.680. The molecule has 0 bridgehead atoms. The van der Waals surface area contributed by atoms with E-state index in [9.17, 15) is 4.39 Å². The molecule has 1 aromatic carbocycles. The van der Waals surface area contributed by atoms with Crippen molar-refractivity contribution >= 4 is 19.0 Å². The Balaban J connectivity index is 2.01. The molecule has 0 radical (unpaired) electrons.